The van der Waals surface area contributed by atoms with Gasteiger partial charge in [0, 0.05) is 6.92 Å². The Morgan fingerprint density at radius 2 is 1.70 bits per heavy atom. The van der Waals surface area contributed by atoms with Crippen LogP contribution >= 0.6 is 0 Å². The molecule has 1 atom stereocenters. The van der Waals surface area contributed by atoms with Crippen LogP contribution in [0.2, 0.25) is 0 Å². The third-order valence-electron chi connectivity index (χ3n) is 0.923. The van der Waals surface area contributed by atoms with E-state index in [1.807, 2.05) is 0 Å². The van der Waals surface area contributed by atoms with Gasteiger partial charge in [0.25, 0.3) is 5.78 Å². The summed E-state index contributed by atoms with van der Waals surface area (Å²) in [6.45, 7) is 2.13. The third-order valence-corrected chi connectivity index (χ3v) is 0.923. The van der Waals surface area contributed by atoms with E-state index in [4.69, 9.17) is 5.11 Å². The van der Waals surface area contributed by atoms with Crippen LogP contribution in [0.25, 0.3) is 0 Å². The number of carbonyl (C=O) groups is 3. The number of rotatable bonds is 3. The van der Waals surface area contributed by atoms with Crippen LogP contribution < -0.4 is 0 Å². The van der Waals surface area contributed by atoms with E-state index in [1.54, 1.807) is 0 Å². The van der Waals surface area contributed by atoms with Crippen molar-refractivity contribution < 1.29 is 19.5 Å². The van der Waals surface area contributed by atoms with Gasteiger partial charge in [-0.05, 0) is 6.92 Å². The highest BCUT2D eigenvalue weighted by Crippen LogP contribution is 1.86. The van der Waals surface area contributed by atoms with Crippen LogP contribution in [0.5, 0.6) is 0 Å². The predicted octanol–water partition coefficient (Wildman–Crippen LogP) is -0.906. The number of aliphatic hydroxyl groups is 1. The molecule has 10 heavy (non-hydrogen) atoms. The Morgan fingerprint density at radius 1 is 1.30 bits per heavy atom. The van der Waals surface area contributed by atoms with Gasteiger partial charge < -0.3 is 5.11 Å². The summed E-state index contributed by atoms with van der Waals surface area (Å²) >= 11 is 0. The first-order valence-corrected chi connectivity index (χ1v) is 2.74. The van der Waals surface area contributed by atoms with Gasteiger partial charge in [-0.2, -0.15) is 0 Å². The average molecular weight is 144 g/mol. The zero-order chi connectivity index (χ0) is 8.31. The molecule has 0 fully saturated rings. The van der Waals surface area contributed by atoms with E-state index in [2.05, 4.69) is 0 Å². The van der Waals surface area contributed by atoms with Gasteiger partial charge in [-0.15, -0.1) is 0 Å². The second kappa shape index (κ2) is 3.22. The first-order valence-electron chi connectivity index (χ1n) is 2.74. The van der Waals surface area contributed by atoms with Crippen molar-refractivity contribution in [3.8, 4) is 0 Å². The van der Waals surface area contributed by atoms with Crippen molar-refractivity contribution in [2.75, 3.05) is 0 Å². The van der Waals surface area contributed by atoms with Crippen molar-refractivity contribution in [1.82, 2.24) is 0 Å². The summed E-state index contributed by atoms with van der Waals surface area (Å²) in [7, 11) is 0. The van der Waals surface area contributed by atoms with Gasteiger partial charge in [-0.3, -0.25) is 14.4 Å². The normalized spacial score (nSPS) is 12.3. The van der Waals surface area contributed by atoms with Crippen molar-refractivity contribution in [2.24, 2.45) is 0 Å². The van der Waals surface area contributed by atoms with Crippen LogP contribution in [0, 0.1) is 0 Å². The van der Waals surface area contributed by atoms with Gasteiger partial charge in [0.1, 0.15) is 6.10 Å². The summed E-state index contributed by atoms with van der Waals surface area (Å²) < 4.78 is 0. The standard InChI is InChI=1S/C6H8O4/c1-3(7)5(9)6(10)4(2)8/h3,7H,1-2H3. The Kier molecular flexibility index (Phi) is 2.89. The smallest absolute Gasteiger partial charge is 0.266 e. The van der Waals surface area contributed by atoms with Gasteiger partial charge in [0.15, 0.2) is 0 Å². The molecule has 56 valence electrons. The molecular weight excluding hydrogens is 136 g/mol. The SMILES string of the molecule is CC(=O)C(=O)C(=O)C(C)O. The van der Waals surface area contributed by atoms with Crippen LogP contribution in [-0.2, 0) is 14.4 Å². The maximum atomic E-state index is 10.5. The molecule has 1 N–H and O–H groups in total. The number of hydrogen-bond donors (Lipinski definition) is 1. The minimum absolute atomic E-state index is 0.842. The van der Waals surface area contributed by atoms with Crippen LogP contribution in [-0.4, -0.2) is 28.6 Å². The van der Waals surface area contributed by atoms with E-state index in [1.165, 1.54) is 0 Å². The van der Waals surface area contributed by atoms with Crippen molar-refractivity contribution in [1.29, 1.82) is 0 Å². The predicted molar refractivity (Wildman–Crippen MR) is 32.4 cm³/mol. The number of aliphatic hydroxyl groups excluding tert-OH is 1. The fourth-order valence-electron chi connectivity index (χ4n) is 0.363. The van der Waals surface area contributed by atoms with Gasteiger partial charge >= 0.3 is 0 Å². The maximum absolute atomic E-state index is 10.5. The molecule has 0 radical (unpaired) electrons. The second-order valence-corrected chi connectivity index (χ2v) is 1.93. The lowest BCUT2D eigenvalue weighted by Crippen LogP contribution is -2.30. The monoisotopic (exact) mass is 144 g/mol. The van der Waals surface area contributed by atoms with Gasteiger partial charge in [-0.25, -0.2) is 0 Å². The van der Waals surface area contributed by atoms with E-state index >= 15 is 0 Å². The molecule has 0 amide bonds. The van der Waals surface area contributed by atoms with Crippen molar-refractivity contribution in [3.63, 3.8) is 0 Å². The summed E-state index contributed by atoms with van der Waals surface area (Å²) in [6, 6.07) is 0. The fraction of sp³-hybridized carbons (Fsp3) is 0.500. The molecule has 1 unspecified atom stereocenters. The van der Waals surface area contributed by atoms with Gasteiger partial charge in [0.2, 0.25) is 11.6 Å². The fourth-order valence-corrected chi connectivity index (χ4v) is 0.363. The van der Waals surface area contributed by atoms with E-state index in [9.17, 15) is 14.4 Å². The van der Waals surface area contributed by atoms with Gasteiger partial charge in [0.05, 0.1) is 0 Å². The highest BCUT2D eigenvalue weighted by molar-refractivity contribution is 6.64. The summed E-state index contributed by atoms with van der Waals surface area (Å²) in [5, 5.41) is 8.52. The summed E-state index contributed by atoms with van der Waals surface area (Å²) in [6.07, 6.45) is -1.38. The van der Waals surface area contributed by atoms with Crippen molar-refractivity contribution >= 4 is 17.3 Å². The first kappa shape index (κ1) is 8.97. The number of hydrogen-bond acceptors (Lipinski definition) is 4. The van der Waals surface area contributed by atoms with Crippen LogP contribution in [0.15, 0.2) is 0 Å². The molecule has 0 saturated heterocycles. The molecule has 0 spiro atoms. The van der Waals surface area contributed by atoms with Crippen LogP contribution in [0.3, 0.4) is 0 Å². The Morgan fingerprint density at radius 3 is 1.80 bits per heavy atom. The molecule has 0 heterocycles. The Labute approximate surface area is 57.8 Å². The number of ketones is 3. The first-order chi connectivity index (χ1) is 4.46. The Balaban J connectivity index is 4.24. The molecule has 0 aliphatic carbocycles. The third kappa shape index (κ3) is 2.06. The zero-order valence-electron chi connectivity index (χ0n) is 5.75. The summed E-state index contributed by atoms with van der Waals surface area (Å²) in [4.78, 5) is 31.1. The quantitative estimate of drug-likeness (QED) is 0.411. The Bertz CT molecular complexity index is 180. The summed E-state index contributed by atoms with van der Waals surface area (Å²) in [5.41, 5.74) is 0. The lowest BCUT2D eigenvalue weighted by molar-refractivity contribution is -0.146. The largest absolute Gasteiger partial charge is 0.385 e. The molecule has 0 aliphatic heterocycles. The van der Waals surface area contributed by atoms with Crippen LogP contribution in [0.1, 0.15) is 13.8 Å². The van der Waals surface area contributed by atoms with E-state index in [0.717, 1.165) is 13.8 Å². The average Bonchev–Trinajstić information content (AvgIpc) is 1.84. The van der Waals surface area contributed by atoms with Gasteiger partial charge in [-0.1, -0.05) is 0 Å². The molecular formula is C6H8O4. The zero-order valence-corrected chi connectivity index (χ0v) is 5.75. The Hall–Kier alpha value is -1.03. The van der Waals surface area contributed by atoms with Crippen molar-refractivity contribution in [2.45, 2.75) is 20.0 Å². The molecule has 0 bridgehead atoms. The van der Waals surface area contributed by atoms with Crippen molar-refractivity contribution in [3.05, 3.63) is 0 Å². The lowest BCUT2D eigenvalue weighted by atomic mass is 10.1. The van der Waals surface area contributed by atoms with Crippen LogP contribution in [0.4, 0.5) is 0 Å². The molecule has 0 saturated carbocycles. The minimum atomic E-state index is -1.38. The molecule has 0 aromatic rings. The lowest BCUT2D eigenvalue weighted by Gasteiger charge is -1.96. The minimum Gasteiger partial charge on any atom is -0.385 e. The van der Waals surface area contributed by atoms with E-state index in [0.29, 0.717) is 0 Å². The number of Topliss-reactive ketones (excluding diaryl/α,β-unsaturated/α-hetero) is 3. The maximum Gasteiger partial charge on any atom is 0.266 e. The number of carbonyl (C=O) groups excluding carboxylic acids is 3. The highest BCUT2D eigenvalue weighted by atomic mass is 16.3. The summed E-state index contributed by atoms with van der Waals surface area (Å²) in [5.74, 6) is -3.03. The van der Waals surface area contributed by atoms with E-state index in [-0.39, 0.29) is 0 Å². The molecule has 0 rings (SSSR count). The molecule has 4 nitrogen and oxygen atoms in total. The molecule has 0 aromatic heterocycles. The highest BCUT2D eigenvalue weighted by Gasteiger charge is 2.22. The molecule has 0 aromatic carbocycles. The molecule has 0 aliphatic rings. The topological polar surface area (TPSA) is 71.4 Å². The second-order valence-electron chi connectivity index (χ2n) is 1.93. The molecule has 4 heteroatoms. The van der Waals surface area contributed by atoms with E-state index < -0.39 is 23.5 Å².